The molecule has 1 aliphatic heterocycles. The Kier molecular flexibility index (Phi) is 5.79. The quantitative estimate of drug-likeness (QED) is 0.783. The van der Waals surface area contributed by atoms with Crippen LogP contribution in [0.15, 0.2) is 42.6 Å². The van der Waals surface area contributed by atoms with Crippen molar-refractivity contribution >= 4 is 11.7 Å². The van der Waals surface area contributed by atoms with Gasteiger partial charge in [-0.15, -0.1) is 5.10 Å². The van der Waals surface area contributed by atoms with Crippen LogP contribution in [0.2, 0.25) is 0 Å². The molecule has 2 aromatic rings. The molecular formula is C18H23N5O2. The van der Waals surface area contributed by atoms with E-state index in [0.29, 0.717) is 11.8 Å². The molecule has 7 heteroatoms. The number of nitrogens with one attached hydrogen (secondary N) is 1. The molecule has 1 saturated heterocycles. The second-order valence-electron chi connectivity index (χ2n) is 6.15. The summed E-state index contributed by atoms with van der Waals surface area (Å²) in [4.78, 5) is 13.0. The van der Waals surface area contributed by atoms with E-state index >= 15 is 0 Å². The van der Waals surface area contributed by atoms with Crippen LogP contribution in [-0.4, -0.2) is 41.8 Å². The number of primary amides is 1. The lowest BCUT2D eigenvalue weighted by Crippen LogP contribution is -2.45. The number of carbonyl (C=O) groups excluding carboxylic acids is 1. The first-order chi connectivity index (χ1) is 12.2. The summed E-state index contributed by atoms with van der Waals surface area (Å²) in [6, 6.07) is 12.0. The number of rotatable bonds is 7. The Morgan fingerprint density at radius 1 is 1.32 bits per heavy atom. The molecule has 3 rings (SSSR count). The van der Waals surface area contributed by atoms with Crippen molar-refractivity contribution in [1.29, 1.82) is 0 Å². The van der Waals surface area contributed by atoms with Crippen molar-refractivity contribution in [3.05, 3.63) is 48.2 Å². The van der Waals surface area contributed by atoms with E-state index in [0.717, 1.165) is 38.3 Å². The molecule has 0 unspecified atom stereocenters. The zero-order chi connectivity index (χ0) is 17.5. The van der Waals surface area contributed by atoms with Gasteiger partial charge in [0.25, 0.3) is 5.91 Å². The molecule has 0 radical (unpaired) electrons. The molecule has 1 aromatic heterocycles. The van der Waals surface area contributed by atoms with Gasteiger partial charge in [-0.1, -0.05) is 12.1 Å². The highest BCUT2D eigenvalue weighted by Gasteiger charge is 2.20. The lowest BCUT2D eigenvalue weighted by atomic mass is 10.1. The highest BCUT2D eigenvalue weighted by atomic mass is 16.5. The predicted molar refractivity (Wildman–Crippen MR) is 95.2 cm³/mol. The summed E-state index contributed by atoms with van der Waals surface area (Å²) in [5.74, 6) is 1.11. The number of aromatic nitrogens is 2. The fraction of sp³-hybridized carbons (Fsp3) is 0.389. The lowest BCUT2D eigenvalue weighted by molar-refractivity contribution is -0.119. The van der Waals surface area contributed by atoms with Crippen molar-refractivity contribution in [2.75, 3.05) is 24.6 Å². The maximum absolute atomic E-state index is 10.7. The molecule has 0 bridgehead atoms. The van der Waals surface area contributed by atoms with Gasteiger partial charge in [0, 0.05) is 31.9 Å². The number of piperidine rings is 1. The predicted octanol–water partition coefficient (Wildman–Crippen LogP) is 1.10. The summed E-state index contributed by atoms with van der Waals surface area (Å²) in [5, 5.41) is 11.8. The molecule has 25 heavy (non-hydrogen) atoms. The largest absolute Gasteiger partial charge is 0.484 e. The number of hydrogen-bond acceptors (Lipinski definition) is 6. The van der Waals surface area contributed by atoms with E-state index in [9.17, 15) is 4.79 Å². The third-order valence-corrected chi connectivity index (χ3v) is 4.20. The average molecular weight is 341 g/mol. The van der Waals surface area contributed by atoms with Crippen LogP contribution in [0.3, 0.4) is 0 Å². The summed E-state index contributed by atoms with van der Waals surface area (Å²) < 4.78 is 5.27. The van der Waals surface area contributed by atoms with E-state index in [1.807, 2.05) is 36.4 Å². The van der Waals surface area contributed by atoms with Gasteiger partial charge in [0.1, 0.15) is 5.75 Å². The van der Waals surface area contributed by atoms with Gasteiger partial charge >= 0.3 is 0 Å². The van der Waals surface area contributed by atoms with Gasteiger partial charge < -0.3 is 20.7 Å². The van der Waals surface area contributed by atoms with Crippen molar-refractivity contribution in [3.63, 3.8) is 0 Å². The minimum atomic E-state index is -0.476. The van der Waals surface area contributed by atoms with E-state index in [-0.39, 0.29) is 6.61 Å². The molecule has 0 spiro atoms. The summed E-state index contributed by atoms with van der Waals surface area (Å²) in [6.45, 7) is 2.63. The van der Waals surface area contributed by atoms with Gasteiger partial charge in [0.2, 0.25) is 0 Å². The van der Waals surface area contributed by atoms with Crippen molar-refractivity contribution in [3.8, 4) is 5.75 Å². The molecule has 1 atom stereocenters. The van der Waals surface area contributed by atoms with Gasteiger partial charge in [-0.2, -0.15) is 5.10 Å². The van der Waals surface area contributed by atoms with Crippen molar-refractivity contribution < 1.29 is 9.53 Å². The van der Waals surface area contributed by atoms with E-state index < -0.39 is 5.91 Å². The molecule has 132 valence electrons. The fourth-order valence-electron chi connectivity index (χ4n) is 2.93. The van der Waals surface area contributed by atoms with Crippen LogP contribution in [-0.2, 0) is 11.3 Å². The molecule has 1 amide bonds. The van der Waals surface area contributed by atoms with Crippen LogP contribution in [0.1, 0.15) is 18.4 Å². The summed E-state index contributed by atoms with van der Waals surface area (Å²) in [6.07, 6.45) is 3.98. The lowest BCUT2D eigenvalue weighted by Gasteiger charge is -2.33. The Labute approximate surface area is 147 Å². The summed E-state index contributed by atoms with van der Waals surface area (Å²) in [7, 11) is 0. The first-order valence-electron chi connectivity index (χ1n) is 8.47. The Hall–Kier alpha value is -2.67. The number of nitrogens with zero attached hydrogens (tertiary/aromatic N) is 3. The molecule has 7 nitrogen and oxygen atoms in total. The normalized spacial score (nSPS) is 17.3. The minimum Gasteiger partial charge on any atom is -0.484 e. The number of anilines is 1. The van der Waals surface area contributed by atoms with E-state index in [1.165, 1.54) is 5.56 Å². The number of nitrogens with two attached hydrogens (primary N) is 1. The second kappa shape index (κ2) is 8.43. The highest BCUT2D eigenvalue weighted by Crippen LogP contribution is 2.17. The SMILES string of the molecule is NC(=O)COc1ccc(CN[C@H]2CCCN(c3cccnn3)C2)cc1. The molecule has 0 aliphatic carbocycles. The molecule has 1 aromatic carbocycles. The van der Waals surface area contributed by atoms with Crippen LogP contribution >= 0.6 is 0 Å². The average Bonchev–Trinajstić information content (AvgIpc) is 2.66. The number of hydrogen-bond donors (Lipinski definition) is 2. The van der Waals surface area contributed by atoms with Crippen LogP contribution in [0.4, 0.5) is 5.82 Å². The summed E-state index contributed by atoms with van der Waals surface area (Å²) >= 11 is 0. The molecular weight excluding hydrogens is 318 g/mol. The smallest absolute Gasteiger partial charge is 0.255 e. The van der Waals surface area contributed by atoms with Gasteiger partial charge in [-0.3, -0.25) is 4.79 Å². The minimum absolute atomic E-state index is 0.0993. The number of carbonyl (C=O) groups is 1. The maximum Gasteiger partial charge on any atom is 0.255 e. The van der Waals surface area contributed by atoms with E-state index in [1.54, 1.807) is 6.20 Å². The van der Waals surface area contributed by atoms with Gasteiger partial charge in [-0.05, 0) is 42.7 Å². The Bertz CT molecular complexity index is 678. The molecule has 0 saturated carbocycles. The van der Waals surface area contributed by atoms with Crippen LogP contribution < -0.4 is 20.7 Å². The first-order valence-corrected chi connectivity index (χ1v) is 8.47. The second-order valence-corrected chi connectivity index (χ2v) is 6.15. The Morgan fingerprint density at radius 3 is 2.88 bits per heavy atom. The Morgan fingerprint density at radius 2 is 2.16 bits per heavy atom. The van der Waals surface area contributed by atoms with Gasteiger partial charge in [-0.25, -0.2) is 0 Å². The standard InChI is InChI=1S/C18H23N5O2/c19-17(24)13-25-16-7-5-14(6-8-16)11-20-15-3-2-10-23(12-15)18-4-1-9-21-22-18/h1,4-9,15,20H,2-3,10-13H2,(H2,19,24)/t15-/m0/s1. The van der Waals surface area contributed by atoms with Crippen LogP contribution in [0, 0.1) is 0 Å². The third kappa shape index (κ3) is 5.15. The van der Waals surface area contributed by atoms with Crippen molar-refractivity contribution in [2.45, 2.75) is 25.4 Å². The number of amides is 1. The van der Waals surface area contributed by atoms with Crippen molar-refractivity contribution in [2.24, 2.45) is 5.73 Å². The van der Waals surface area contributed by atoms with Crippen molar-refractivity contribution in [1.82, 2.24) is 15.5 Å². The highest BCUT2D eigenvalue weighted by molar-refractivity contribution is 5.75. The van der Waals surface area contributed by atoms with E-state index in [4.69, 9.17) is 10.5 Å². The topological polar surface area (TPSA) is 93.4 Å². The van der Waals surface area contributed by atoms with Gasteiger partial charge in [0.15, 0.2) is 12.4 Å². The van der Waals surface area contributed by atoms with Gasteiger partial charge in [0.05, 0.1) is 0 Å². The van der Waals surface area contributed by atoms with Crippen LogP contribution in [0.5, 0.6) is 5.75 Å². The fourth-order valence-corrected chi connectivity index (χ4v) is 2.93. The zero-order valence-electron chi connectivity index (χ0n) is 14.1. The summed E-state index contributed by atoms with van der Waals surface area (Å²) in [5.41, 5.74) is 6.24. The third-order valence-electron chi connectivity index (χ3n) is 4.20. The molecule has 1 aliphatic rings. The van der Waals surface area contributed by atoms with Crippen LogP contribution in [0.25, 0.3) is 0 Å². The molecule has 3 N–H and O–H groups in total. The number of benzene rings is 1. The monoisotopic (exact) mass is 341 g/mol. The first kappa shape index (κ1) is 17.2. The molecule has 2 heterocycles. The zero-order valence-corrected chi connectivity index (χ0v) is 14.1. The van der Waals surface area contributed by atoms with E-state index in [2.05, 4.69) is 20.4 Å². The Balaban J connectivity index is 1.48. The molecule has 1 fully saturated rings. The maximum atomic E-state index is 10.7. The number of ether oxygens (including phenoxy) is 1.